The Morgan fingerprint density at radius 1 is 1.32 bits per heavy atom. The highest BCUT2D eigenvalue weighted by atomic mass is 16.5. The number of hydrogen-bond donors (Lipinski definition) is 0. The lowest BCUT2D eigenvalue weighted by Gasteiger charge is -2.18. The Labute approximate surface area is 131 Å². The van der Waals surface area contributed by atoms with Gasteiger partial charge in [-0.05, 0) is 49.6 Å². The third-order valence-corrected chi connectivity index (χ3v) is 3.79. The molecular weight excluding hydrogens is 278 g/mol. The van der Waals surface area contributed by atoms with Crippen molar-refractivity contribution < 1.29 is 14.3 Å². The molecule has 22 heavy (non-hydrogen) atoms. The molecule has 0 amide bonds. The van der Waals surface area contributed by atoms with Gasteiger partial charge in [0.15, 0.2) is 0 Å². The number of benzene rings is 1. The average molecular weight is 301 g/mol. The lowest BCUT2D eigenvalue weighted by Crippen LogP contribution is -2.15. The number of carbonyl (C=O) groups is 1. The molecule has 0 N–H and O–H groups in total. The molecule has 0 fully saturated rings. The standard InChI is InChI=1S/C18H23NO3/c1-5-7-13-11-19-16-9-8-14(21-4)10-15(16)17(13)12(3)18(20)22-6-2/h8-12H,5-7H2,1-4H3. The van der Waals surface area contributed by atoms with Gasteiger partial charge in [0.25, 0.3) is 0 Å². The van der Waals surface area contributed by atoms with Crippen LogP contribution in [0.2, 0.25) is 0 Å². The van der Waals surface area contributed by atoms with Gasteiger partial charge in [0.1, 0.15) is 5.75 Å². The molecule has 1 heterocycles. The van der Waals surface area contributed by atoms with Crippen LogP contribution in [0.3, 0.4) is 0 Å². The Bertz CT molecular complexity index is 667. The van der Waals surface area contributed by atoms with Crippen LogP contribution in [0.25, 0.3) is 10.9 Å². The first kappa shape index (κ1) is 16.3. The molecule has 4 nitrogen and oxygen atoms in total. The fourth-order valence-corrected chi connectivity index (χ4v) is 2.73. The number of pyridine rings is 1. The molecule has 2 aromatic rings. The molecule has 0 radical (unpaired) electrons. The number of fused-ring (bicyclic) bond motifs is 1. The molecule has 1 aromatic heterocycles. The van der Waals surface area contributed by atoms with Crippen LogP contribution in [0.15, 0.2) is 24.4 Å². The minimum Gasteiger partial charge on any atom is -0.497 e. The lowest BCUT2D eigenvalue weighted by molar-refractivity contribution is -0.144. The van der Waals surface area contributed by atoms with E-state index in [2.05, 4.69) is 11.9 Å². The number of rotatable bonds is 6. The summed E-state index contributed by atoms with van der Waals surface area (Å²) in [5.74, 6) is 0.245. The van der Waals surface area contributed by atoms with Crippen molar-refractivity contribution in [3.63, 3.8) is 0 Å². The van der Waals surface area contributed by atoms with Crippen LogP contribution < -0.4 is 4.74 Å². The minimum absolute atomic E-state index is 0.199. The summed E-state index contributed by atoms with van der Waals surface area (Å²) < 4.78 is 10.5. The van der Waals surface area contributed by atoms with Crippen molar-refractivity contribution >= 4 is 16.9 Å². The maximum atomic E-state index is 12.2. The lowest BCUT2D eigenvalue weighted by atomic mass is 9.91. The van der Waals surface area contributed by atoms with Crippen molar-refractivity contribution in [3.8, 4) is 5.75 Å². The van der Waals surface area contributed by atoms with Crippen molar-refractivity contribution in [1.29, 1.82) is 0 Å². The first-order chi connectivity index (χ1) is 10.6. The molecule has 4 heteroatoms. The predicted molar refractivity (Wildman–Crippen MR) is 87.3 cm³/mol. The second kappa shape index (κ2) is 7.25. The van der Waals surface area contributed by atoms with Crippen LogP contribution >= 0.6 is 0 Å². The van der Waals surface area contributed by atoms with Gasteiger partial charge in [0.05, 0.1) is 25.2 Å². The van der Waals surface area contributed by atoms with E-state index in [1.807, 2.05) is 38.2 Å². The molecule has 0 saturated carbocycles. The normalized spacial score (nSPS) is 12.2. The molecular formula is C18H23NO3. The molecule has 0 spiro atoms. The second-order valence-electron chi connectivity index (χ2n) is 5.30. The monoisotopic (exact) mass is 301 g/mol. The number of carbonyl (C=O) groups excluding carboxylic acids is 1. The number of ether oxygens (including phenoxy) is 2. The molecule has 1 atom stereocenters. The van der Waals surface area contributed by atoms with Gasteiger partial charge in [-0.2, -0.15) is 0 Å². The molecule has 0 aliphatic rings. The number of hydrogen-bond acceptors (Lipinski definition) is 4. The Kier molecular flexibility index (Phi) is 5.36. The van der Waals surface area contributed by atoms with E-state index in [1.54, 1.807) is 7.11 Å². The van der Waals surface area contributed by atoms with Crippen LogP contribution in [0, 0.1) is 0 Å². The molecule has 0 aliphatic carbocycles. The maximum absolute atomic E-state index is 12.2. The average Bonchev–Trinajstić information content (AvgIpc) is 2.54. The zero-order valence-corrected chi connectivity index (χ0v) is 13.7. The van der Waals surface area contributed by atoms with Gasteiger partial charge in [-0.1, -0.05) is 13.3 Å². The summed E-state index contributed by atoms with van der Waals surface area (Å²) in [5.41, 5.74) is 2.97. The molecule has 0 bridgehead atoms. The summed E-state index contributed by atoms with van der Waals surface area (Å²) in [7, 11) is 1.64. The fourth-order valence-electron chi connectivity index (χ4n) is 2.73. The van der Waals surface area contributed by atoms with E-state index >= 15 is 0 Å². The van der Waals surface area contributed by atoms with Gasteiger partial charge in [-0.25, -0.2) is 0 Å². The Morgan fingerprint density at radius 3 is 2.73 bits per heavy atom. The molecule has 1 unspecified atom stereocenters. The van der Waals surface area contributed by atoms with Crippen LogP contribution in [0.4, 0.5) is 0 Å². The van der Waals surface area contributed by atoms with Crippen LogP contribution in [-0.4, -0.2) is 24.7 Å². The van der Waals surface area contributed by atoms with Crippen molar-refractivity contribution in [1.82, 2.24) is 4.98 Å². The summed E-state index contributed by atoms with van der Waals surface area (Å²) >= 11 is 0. The first-order valence-corrected chi connectivity index (χ1v) is 7.74. The highest BCUT2D eigenvalue weighted by Gasteiger charge is 2.22. The third kappa shape index (κ3) is 3.21. The largest absolute Gasteiger partial charge is 0.497 e. The highest BCUT2D eigenvalue weighted by Crippen LogP contribution is 2.32. The Balaban J connectivity index is 2.63. The van der Waals surface area contributed by atoms with Crippen LogP contribution in [0.5, 0.6) is 5.75 Å². The summed E-state index contributed by atoms with van der Waals surface area (Å²) in [6, 6.07) is 5.76. The molecule has 2 rings (SSSR count). The quantitative estimate of drug-likeness (QED) is 0.760. The number of esters is 1. The zero-order valence-electron chi connectivity index (χ0n) is 13.7. The summed E-state index contributed by atoms with van der Waals surface area (Å²) in [6.07, 6.45) is 3.77. The van der Waals surface area contributed by atoms with E-state index in [9.17, 15) is 4.79 Å². The highest BCUT2D eigenvalue weighted by molar-refractivity contribution is 5.90. The number of methoxy groups -OCH3 is 1. The number of aromatic nitrogens is 1. The molecule has 118 valence electrons. The van der Waals surface area contributed by atoms with Gasteiger partial charge in [-0.15, -0.1) is 0 Å². The zero-order chi connectivity index (χ0) is 16.1. The summed E-state index contributed by atoms with van der Waals surface area (Å²) in [6.45, 7) is 6.23. The van der Waals surface area contributed by atoms with Crippen molar-refractivity contribution in [2.45, 2.75) is 39.5 Å². The maximum Gasteiger partial charge on any atom is 0.313 e. The van der Waals surface area contributed by atoms with Gasteiger partial charge in [-0.3, -0.25) is 9.78 Å². The smallest absolute Gasteiger partial charge is 0.313 e. The fraction of sp³-hybridized carbons (Fsp3) is 0.444. The van der Waals surface area contributed by atoms with E-state index in [-0.39, 0.29) is 11.9 Å². The minimum atomic E-state index is -0.320. The van der Waals surface area contributed by atoms with Gasteiger partial charge in [0.2, 0.25) is 0 Å². The van der Waals surface area contributed by atoms with Crippen LogP contribution in [-0.2, 0) is 16.0 Å². The Morgan fingerprint density at radius 2 is 2.09 bits per heavy atom. The number of aryl methyl sites for hydroxylation is 1. The molecule has 0 aliphatic heterocycles. The van der Waals surface area contributed by atoms with Crippen molar-refractivity contribution in [3.05, 3.63) is 35.5 Å². The van der Waals surface area contributed by atoms with Gasteiger partial charge >= 0.3 is 5.97 Å². The van der Waals surface area contributed by atoms with Crippen molar-refractivity contribution in [2.75, 3.05) is 13.7 Å². The van der Waals surface area contributed by atoms with Crippen molar-refractivity contribution in [2.24, 2.45) is 0 Å². The third-order valence-electron chi connectivity index (χ3n) is 3.79. The predicted octanol–water partition coefficient (Wildman–Crippen LogP) is 3.86. The SMILES string of the molecule is CCCc1cnc2ccc(OC)cc2c1C(C)C(=O)OCC. The van der Waals surface area contributed by atoms with Gasteiger partial charge in [0, 0.05) is 11.6 Å². The van der Waals surface area contributed by atoms with E-state index in [4.69, 9.17) is 9.47 Å². The Hall–Kier alpha value is -2.10. The van der Waals surface area contributed by atoms with Crippen LogP contribution in [0.1, 0.15) is 44.2 Å². The van der Waals surface area contributed by atoms with E-state index < -0.39 is 0 Å². The van der Waals surface area contributed by atoms with E-state index in [0.717, 1.165) is 40.6 Å². The number of nitrogens with zero attached hydrogens (tertiary/aromatic N) is 1. The van der Waals surface area contributed by atoms with E-state index in [1.165, 1.54) is 0 Å². The summed E-state index contributed by atoms with van der Waals surface area (Å²) in [4.78, 5) is 16.7. The molecule has 0 saturated heterocycles. The second-order valence-corrected chi connectivity index (χ2v) is 5.30. The van der Waals surface area contributed by atoms with E-state index in [0.29, 0.717) is 6.61 Å². The first-order valence-electron chi connectivity index (χ1n) is 7.74. The summed E-state index contributed by atoms with van der Waals surface area (Å²) in [5, 5.41) is 0.964. The molecule has 1 aromatic carbocycles. The van der Waals surface area contributed by atoms with Gasteiger partial charge < -0.3 is 9.47 Å². The topological polar surface area (TPSA) is 48.4 Å².